The van der Waals surface area contributed by atoms with Crippen LogP contribution in [0.15, 0.2) is 24.4 Å². The lowest BCUT2D eigenvalue weighted by atomic mass is 10.0. The van der Waals surface area contributed by atoms with Crippen LogP contribution in [0.25, 0.3) is 10.9 Å². The largest absolute Gasteiger partial charge is 0.480 e. The fraction of sp³-hybridized carbons (Fsp3) is 0.333. The number of carboxylic acid groups (broad SMARTS) is 1. The maximum atomic E-state index is 13.1. The topological polar surface area (TPSA) is 82.2 Å². The van der Waals surface area contributed by atoms with Crippen molar-refractivity contribution in [1.29, 1.82) is 0 Å². The van der Waals surface area contributed by atoms with Crippen LogP contribution < -0.4 is 5.32 Å². The van der Waals surface area contributed by atoms with Gasteiger partial charge in [-0.2, -0.15) is 0 Å². The molecule has 1 atom stereocenters. The predicted octanol–water partition coefficient (Wildman–Crippen LogP) is 2.07. The molecule has 1 aromatic carbocycles. The summed E-state index contributed by atoms with van der Waals surface area (Å²) < 4.78 is 13.1. The Hall–Kier alpha value is -2.37. The smallest absolute Gasteiger partial charge is 0.326 e. The molecule has 2 rings (SSSR count). The Labute approximate surface area is 121 Å². The maximum Gasteiger partial charge on any atom is 0.326 e. The Balaban J connectivity index is 2.13. The first kappa shape index (κ1) is 15.0. The molecule has 1 aromatic heterocycles. The summed E-state index contributed by atoms with van der Waals surface area (Å²) in [5.74, 6) is -1.99. The molecule has 0 fully saturated rings. The molecular weight excluding hydrogens is 275 g/mol. The zero-order chi connectivity index (χ0) is 15.6. The number of carbonyl (C=O) groups is 2. The number of carboxylic acids is 1. The molecule has 6 heteroatoms. The van der Waals surface area contributed by atoms with E-state index in [-0.39, 0.29) is 24.1 Å². The minimum Gasteiger partial charge on any atom is -0.480 e. The zero-order valence-electron chi connectivity index (χ0n) is 11.8. The molecule has 0 aliphatic rings. The van der Waals surface area contributed by atoms with E-state index in [1.807, 2.05) is 0 Å². The molecule has 0 saturated heterocycles. The number of benzene rings is 1. The van der Waals surface area contributed by atoms with E-state index in [4.69, 9.17) is 5.11 Å². The average Bonchev–Trinajstić information content (AvgIpc) is 2.77. The molecule has 0 bridgehead atoms. The van der Waals surface area contributed by atoms with Crippen LogP contribution in [0.2, 0.25) is 0 Å². The first-order valence-electron chi connectivity index (χ1n) is 6.66. The third-order valence-electron chi connectivity index (χ3n) is 3.33. The molecule has 1 amide bonds. The van der Waals surface area contributed by atoms with E-state index in [1.165, 1.54) is 12.1 Å². The number of hydrogen-bond acceptors (Lipinski definition) is 2. The number of carbonyl (C=O) groups excluding carboxylic acids is 1. The van der Waals surface area contributed by atoms with E-state index in [1.54, 1.807) is 26.1 Å². The lowest BCUT2D eigenvalue weighted by molar-refractivity contribution is -0.143. The van der Waals surface area contributed by atoms with Gasteiger partial charge in [-0.05, 0) is 29.7 Å². The second kappa shape index (κ2) is 5.95. The van der Waals surface area contributed by atoms with Crippen molar-refractivity contribution in [3.05, 3.63) is 35.8 Å². The van der Waals surface area contributed by atoms with Gasteiger partial charge in [-0.1, -0.05) is 13.8 Å². The van der Waals surface area contributed by atoms with E-state index in [0.29, 0.717) is 11.1 Å². The zero-order valence-corrected chi connectivity index (χ0v) is 11.8. The summed E-state index contributed by atoms with van der Waals surface area (Å²) >= 11 is 0. The first-order valence-corrected chi connectivity index (χ1v) is 6.66. The standard InChI is InChI=1S/C15H17FN2O3/c1-8(2)14(15(20)21)18-13(19)5-9-7-17-12-6-10(16)3-4-11(9)12/h3-4,6-8,14,17H,5H2,1-2H3,(H,18,19)(H,20,21)/t14-/m0/s1. The number of amides is 1. The van der Waals surface area contributed by atoms with Crippen molar-refractivity contribution in [1.82, 2.24) is 10.3 Å². The summed E-state index contributed by atoms with van der Waals surface area (Å²) in [6.07, 6.45) is 1.68. The normalized spacial score (nSPS) is 12.6. The molecule has 3 N–H and O–H groups in total. The fourth-order valence-electron chi connectivity index (χ4n) is 2.22. The predicted molar refractivity (Wildman–Crippen MR) is 76.4 cm³/mol. The number of aliphatic carboxylic acids is 1. The van der Waals surface area contributed by atoms with Crippen molar-refractivity contribution < 1.29 is 19.1 Å². The average molecular weight is 292 g/mol. The van der Waals surface area contributed by atoms with Gasteiger partial charge in [0.1, 0.15) is 11.9 Å². The van der Waals surface area contributed by atoms with Crippen molar-refractivity contribution >= 4 is 22.8 Å². The van der Waals surface area contributed by atoms with Gasteiger partial charge in [0, 0.05) is 17.1 Å². The summed E-state index contributed by atoms with van der Waals surface area (Å²) in [6.45, 7) is 3.46. The summed E-state index contributed by atoms with van der Waals surface area (Å²) in [6, 6.07) is 3.36. The first-order chi connectivity index (χ1) is 9.88. The number of aromatic nitrogens is 1. The second-order valence-electron chi connectivity index (χ2n) is 5.31. The quantitative estimate of drug-likeness (QED) is 0.789. The lowest BCUT2D eigenvalue weighted by Gasteiger charge is -2.17. The number of fused-ring (bicyclic) bond motifs is 1. The molecule has 112 valence electrons. The van der Waals surface area contributed by atoms with Crippen LogP contribution in [-0.2, 0) is 16.0 Å². The highest BCUT2D eigenvalue weighted by Gasteiger charge is 2.23. The van der Waals surface area contributed by atoms with Gasteiger partial charge in [-0.3, -0.25) is 4.79 Å². The van der Waals surface area contributed by atoms with Gasteiger partial charge in [-0.25, -0.2) is 9.18 Å². The van der Waals surface area contributed by atoms with Crippen LogP contribution in [-0.4, -0.2) is 28.0 Å². The van der Waals surface area contributed by atoms with Gasteiger partial charge >= 0.3 is 5.97 Å². The summed E-state index contributed by atoms with van der Waals surface area (Å²) in [4.78, 5) is 25.9. The van der Waals surface area contributed by atoms with Crippen molar-refractivity contribution in [2.45, 2.75) is 26.3 Å². The lowest BCUT2D eigenvalue weighted by Crippen LogP contribution is -2.44. The highest BCUT2D eigenvalue weighted by Crippen LogP contribution is 2.19. The highest BCUT2D eigenvalue weighted by atomic mass is 19.1. The van der Waals surface area contributed by atoms with Gasteiger partial charge in [0.15, 0.2) is 0 Å². The summed E-state index contributed by atoms with van der Waals surface area (Å²) in [5, 5.41) is 12.3. The van der Waals surface area contributed by atoms with Crippen molar-refractivity contribution in [3.63, 3.8) is 0 Å². The van der Waals surface area contributed by atoms with Gasteiger partial charge in [0.2, 0.25) is 5.91 Å². The molecule has 2 aromatic rings. The minimum atomic E-state index is -1.06. The Bertz CT molecular complexity index is 679. The van der Waals surface area contributed by atoms with Gasteiger partial charge in [-0.15, -0.1) is 0 Å². The molecule has 0 saturated carbocycles. The molecule has 21 heavy (non-hydrogen) atoms. The van der Waals surface area contributed by atoms with Crippen LogP contribution >= 0.6 is 0 Å². The molecule has 5 nitrogen and oxygen atoms in total. The maximum absolute atomic E-state index is 13.1. The van der Waals surface area contributed by atoms with Crippen LogP contribution in [0.4, 0.5) is 4.39 Å². The molecule has 0 aliphatic heterocycles. The number of halogens is 1. The van der Waals surface area contributed by atoms with Gasteiger partial charge in [0.05, 0.1) is 6.42 Å². The fourth-order valence-corrected chi connectivity index (χ4v) is 2.22. The third-order valence-corrected chi connectivity index (χ3v) is 3.33. The molecular formula is C15H17FN2O3. The molecule has 0 radical (unpaired) electrons. The summed E-state index contributed by atoms with van der Waals surface area (Å²) in [5.41, 5.74) is 1.31. The SMILES string of the molecule is CC(C)[C@H](NC(=O)Cc1c[nH]c2cc(F)ccc12)C(=O)O. The number of H-pyrrole nitrogens is 1. The summed E-state index contributed by atoms with van der Waals surface area (Å²) in [7, 11) is 0. The van der Waals surface area contributed by atoms with Crippen molar-refractivity contribution in [2.24, 2.45) is 5.92 Å². The monoisotopic (exact) mass is 292 g/mol. The number of aromatic amines is 1. The van der Waals surface area contributed by atoms with Gasteiger partial charge < -0.3 is 15.4 Å². The molecule has 1 heterocycles. The van der Waals surface area contributed by atoms with E-state index >= 15 is 0 Å². The number of rotatable bonds is 5. The number of hydrogen-bond donors (Lipinski definition) is 3. The number of nitrogens with one attached hydrogen (secondary N) is 2. The molecule has 0 unspecified atom stereocenters. The van der Waals surface area contributed by atoms with Crippen molar-refractivity contribution in [3.8, 4) is 0 Å². The molecule has 0 spiro atoms. The van der Waals surface area contributed by atoms with E-state index in [9.17, 15) is 14.0 Å². The third kappa shape index (κ3) is 3.39. The van der Waals surface area contributed by atoms with Crippen LogP contribution in [0.5, 0.6) is 0 Å². The minimum absolute atomic E-state index is 0.0438. The Morgan fingerprint density at radius 3 is 2.71 bits per heavy atom. The Kier molecular flexibility index (Phi) is 4.26. The Morgan fingerprint density at radius 1 is 1.38 bits per heavy atom. The van der Waals surface area contributed by atoms with Crippen LogP contribution in [0.3, 0.4) is 0 Å². The molecule has 0 aliphatic carbocycles. The van der Waals surface area contributed by atoms with E-state index in [2.05, 4.69) is 10.3 Å². The Morgan fingerprint density at radius 2 is 2.10 bits per heavy atom. The van der Waals surface area contributed by atoms with E-state index < -0.39 is 12.0 Å². The van der Waals surface area contributed by atoms with E-state index in [0.717, 1.165) is 5.39 Å². The van der Waals surface area contributed by atoms with Crippen LogP contribution in [0.1, 0.15) is 19.4 Å². The highest BCUT2D eigenvalue weighted by molar-refractivity contribution is 5.90. The van der Waals surface area contributed by atoms with Gasteiger partial charge in [0.25, 0.3) is 0 Å². The second-order valence-corrected chi connectivity index (χ2v) is 5.31. The van der Waals surface area contributed by atoms with Crippen molar-refractivity contribution in [2.75, 3.05) is 0 Å². The van der Waals surface area contributed by atoms with Crippen LogP contribution in [0, 0.1) is 11.7 Å².